The average Bonchev–Trinajstić information content (AvgIpc) is 2.32. The number of alkyl halides is 1. The van der Waals surface area contributed by atoms with Gasteiger partial charge in [0.25, 0.3) is 0 Å². The number of nitriles is 1. The number of hydrogen-bond acceptors (Lipinski definition) is 2. The Labute approximate surface area is 70.2 Å². The molecule has 4 heteroatoms. The standard InChI is InChI=1S/C7H8ClN3/c1-5-6(7(8)3-9)4-10-11(5)2/h4,7H,1-2H3. The number of aromatic nitrogens is 2. The molecule has 0 aromatic carbocycles. The fourth-order valence-corrected chi connectivity index (χ4v) is 1.05. The summed E-state index contributed by atoms with van der Waals surface area (Å²) >= 11 is 5.69. The third-order valence-electron chi connectivity index (χ3n) is 1.66. The van der Waals surface area contributed by atoms with Crippen molar-refractivity contribution in [1.29, 1.82) is 5.26 Å². The Kier molecular flexibility index (Phi) is 2.16. The van der Waals surface area contributed by atoms with E-state index in [9.17, 15) is 0 Å². The summed E-state index contributed by atoms with van der Waals surface area (Å²) in [5.41, 5.74) is 1.73. The smallest absolute Gasteiger partial charge is 0.148 e. The highest BCUT2D eigenvalue weighted by molar-refractivity contribution is 6.22. The predicted molar refractivity (Wildman–Crippen MR) is 42.2 cm³/mol. The van der Waals surface area contributed by atoms with Crippen molar-refractivity contribution < 1.29 is 0 Å². The van der Waals surface area contributed by atoms with Gasteiger partial charge in [0.2, 0.25) is 0 Å². The van der Waals surface area contributed by atoms with Gasteiger partial charge in [-0.25, -0.2) is 0 Å². The van der Waals surface area contributed by atoms with Gasteiger partial charge in [-0.15, -0.1) is 11.6 Å². The van der Waals surface area contributed by atoms with E-state index in [1.165, 1.54) is 0 Å². The van der Waals surface area contributed by atoms with Gasteiger partial charge in [-0.2, -0.15) is 10.4 Å². The van der Waals surface area contributed by atoms with E-state index in [0.717, 1.165) is 11.3 Å². The first-order valence-corrected chi connectivity index (χ1v) is 3.62. The lowest BCUT2D eigenvalue weighted by Crippen LogP contribution is -1.94. The Balaban J connectivity index is 3.07. The van der Waals surface area contributed by atoms with Gasteiger partial charge in [-0.1, -0.05) is 0 Å². The minimum Gasteiger partial charge on any atom is -0.273 e. The van der Waals surface area contributed by atoms with E-state index >= 15 is 0 Å². The van der Waals surface area contributed by atoms with Crippen molar-refractivity contribution in [2.75, 3.05) is 0 Å². The Bertz CT molecular complexity index is 297. The van der Waals surface area contributed by atoms with Gasteiger partial charge in [-0.3, -0.25) is 4.68 Å². The fourth-order valence-electron chi connectivity index (χ4n) is 0.834. The van der Waals surface area contributed by atoms with Crippen LogP contribution in [0, 0.1) is 18.3 Å². The van der Waals surface area contributed by atoms with Gasteiger partial charge in [0, 0.05) is 18.3 Å². The minimum atomic E-state index is -0.580. The highest BCUT2D eigenvalue weighted by Crippen LogP contribution is 2.21. The SMILES string of the molecule is Cc1c(C(Cl)C#N)cnn1C. The van der Waals surface area contributed by atoms with Crippen LogP contribution in [0.1, 0.15) is 16.6 Å². The van der Waals surface area contributed by atoms with E-state index in [1.807, 2.05) is 20.0 Å². The molecule has 1 aromatic rings. The third-order valence-corrected chi connectivity index (χ3v) is 1.99. The van der Waals surface area contributed by atoms with E-state index in [2.05, 4.69) is 5.10 Å². The summed E-state index contributed by atoms with van der Waals surface area (Å²) < 4.78 is 1.70. The third kappa shape index (κ3) is 1.36. The van der Waals surface area contributed by atoms with Gasteiger partial charge >= 0.3 is 0 Å². The van der Waals surface area contributed by atoms with Crippen LogP contribution in [0.15, 0.2) is 6.20 Å². The van der Waals surface area contributed by atoms with Gasteiger partial charge in [0.15, 0.2) is 0 Å². The van der Waals surface area contributed by atoms with Crippen molar-refractivity contribution in [3.8, 4) is 6.07 Å². The van der Waals surface area contributed by atoms with E-state index < -0.39 is 5.38 Å². The first-order valence-electron chi connectivity index (χ1n) is 3.19. The van der Waals surface area contributed by atoms with Crippen molar-refractivity contribution >= 4 is 11.6 Å². The molecular weight excluding hydrogens is 162 g/mol. The number of rotatable bonds is 1. The number of nitrogens with zero attached hydrogens (tertiary/aromatic N) is 3. The molecule has 1 unspecified atom stereocenters. The molecule has 0 amide bonds. The minimum absolute atomic E-state index is 0.580. The summed E-state index contributed by atoms with van der Waals surface area (Å²) in [5.74, 6) is 0. The second-order valence-corrected chi connectivity index (χ2v) is 2.74. The molecule has 0 radical (unpaired) electrons. The molecule has 0 spiro atoms. The van der Waals surface area contributed by atoms with Crippen LogP contribution in [0.4, 0.5) is 0 Å². The van der Waals surface area contributed by atoms with Crippen LogP contribution in [0.3, 0.4) is 0 Å². The highest BCUT2D eigenvalue weighted by atomic mass is 35.5. The molecule has 0 saturated heterocycles. The number of halogens is 1. The largest absolute Gasteiger partial charge is 0.273 e. The van der Waals surface area contributed by atoms with Crippen LogP contribution in [0.5, 0.6) is 0 Å². The summed E-state index contributed by atoms with van der Waals surface area (Å²) in [6.45, 7) is 1.88. The molecule has 1 aromatic heterocycles. The van der Waals surface area contributed by atoms with E-state index in [0.29, 0.717) is 0 Å². The molecule has 0 N–H and O–H groups in total. The Hall–Kier alpha value is -1.01. The molecule has 1 atom stereocenters. The second-order valence-electron chi connectivity index (χ2n) is 2.30. The van der Waals surface area contributed by atoms with Gasteiger partial charge in [0.05, 0.1) is 12.3 Å². The molecule has 0 aliphatic heterocycles. The number of hydrogen-bond donors (Lipinski definition) is 0. The quantitative estimate of drug-likeness (QED) is 0.599. The van der Waals surface area contributed by atoms with Crippen LogP contribution in [0.2, 0.25) is 0 Å². The molecule has 3 nitrogen and oxygen atoms in total. The Morgan fingerprint density at radius 1 is 1.82 bits per heavy atom. The molecule has 1 heterocycles. The summed E-state index contributed by atoms with van der Waals surface area (Å²) in [6.07, 6.45) is 1.62. The first kappa shape index (κ1) is 8.09. The fraction of sp³-hybridized carbons (Fsp3) is 0.429. The maximum absolute atomic E-state index is 8.50. The molecule has 0 aliphatic carbocycles. The van der Waals surface area contributed by atoms with Gasteiger partial charge in [0.1, 0.15) is 5.38 Å². The van der Waals surface area contributed by atoms with Gasteiger partial charge in [-0.05, 0) is 6.92 Å². The summed E-state index contributed by atoms with van der Waals surface area (Å²) in [7, 11) is 1.82. The topological polar surface area (TPSA) is 41.6 Å². The lowest BCUT2D eigenvalue weighted by atomic mass is 10.2. The molecule has 1 rings (SSSR count). The van der Waals surface area contributed by atoms with Crippen LogP contribution in [-0.4, -0.2) is 9.78 Å². The monoisotopic (exact) mass is 169 g/mol. The maximum atomic E-state index is 8.50. The highest BCUT2D eigenvalue weighted by Gasteiger charge is 2.11. The summed E-state index contributed by atoms with van der Waals surface area (Å²) in [6, 6.07) is 1.95. The number of aryl methyl sites for hydroxylation is 1. The lowest BCUT2D eigenvalue weighted by molar-refractivity contribution is 0.738. The second kappa shape index (κ2) is 2.93. The first-order chi connectivity index (χ1) is 5.16. The summed E-state index contributed by atoms with van der Waals surface area (Å²) in [5, 5.41) is 11.9. The average molecular weight is 170 g/mol. The molecule has 0 fully saturated rings. The molecule has 0 aliphatic rings. The molecule has 11 heavy (non-hydrogen) atoms. The molecular formula is C7H8ClN3. The van der Waals surface area contributed by atoms with Crippen molar-refractivity contribution in [1.82, 2.24) is 9.78 Å². The molecule has 58 valence electrons. The van der Waals surface area contributed by atoms with Crippen molar-refractivity contribution in [3.05, 3.63) is 17.5 Å². The van der Waals surface area contributed by atoms with Crippen molar-refractivity contribution in [2.45, 2.75) is 12.3 Å². The van der Waals surface area contributed by atoms with E-state index in [1.54, 1.807) is 10.9 Å². The summed E-state index contributed by atoms with van der Waals surface area (Å²) in [4.78, 5) is 0. The van der Waals surface area contributed by atoms with Gasteiger partial charge < -0.3 is 0 Å². The van der Waals surface area contributed by atoms with E-state index in [-0.39, 0.29) is 0 Å². The van der Waals surface area contributed by atoms with Crippen LogP contribution >= 0.6 is 11.6 Å². The van der Waals surface area contributed by atoms with Crippen LogP contribution < -0.4 is 0 Å². The van der Waals surface area contributed by atoms with Crippen LogP contribution in [-0.2, 0) is 7.05 Å². The van der Waals surface area contributed by atoms with E-state index in [4.69, 9.17) is 16.9 Å². The van der Waals surface area contributed by atoms with Crippen molar-refractivity contribution in [2.24, 2.45) is 7.05 Å². The zero-order valence-electron chi connectivity index (χ0n) is 6.37. The Morgan fingerprint density at radius 2 is 2.45 bits per heavy atom. The predicted octanol–water partition coefficient (Wildman–Crippen LogP) is 1.53. The molecule has 0 saturated carbocycles. The maximum Gasteiger partial charge on any atom is 0.148 e. The van der Waals surface area contributed by atoms with Crippen LogP contribution in [0.25, 0.3) is 0 Å². The normalized spacial score (nSPS) is 12.5. The lowest BCUT2D eigenvalue weighted by Gasteiger charge is -1.98. The zero-order valence-corrected chi connectivity index (χ0v) is 7.13. The zero-order chi connectivity index (χ0) is 8.43. The Morgan fingerprint density at radius 3 is 2.82 bits per heavy atom. The molecule has 0 bridgehead atoms. The van der Waals surface area contributed by atoms with Crippen molar-refractivity contribution in [3.63, 3.8) is 0 Å².